The summed E-state index contributed by atoms with van der Waals surface area (Å²) in [6, 6.07) is 0. The minimum Gasteiger partial charge on any atom is -0.368 e. The van der Waals surface area contributed by atoms with Crippen LogP contribution in [0.5, 0.6) is 0 Å². The summed E-state index contributed by atoms with van der Waals surface area (Å²) in [5, 5.41) is 3.27. The molecule has 1 aromatic rings. The van der Waals surface area contributed by atoms with Gasteiger partial charge in [-0.25, -0.2) is 0 Å². The third kappa shape index (κ3) is 3.66. The summed E-state index contributed by atoms with van der Waals surface area (Å²) in [6.45, 7) is 6.54. The first-order valence-electron chi connectivity index (χ1n) is 6.73. The highest BCUT2D eigenvalue weighted by atomic mass is 15.3. The summed E-state index contributed by atoms with van der Waals surface area (Å²) >= 11 is 0. The summed E-state index contributed by atoms with van der Waals surface area (Å²) in [5.41, 5.74) is 5.69. The van der Waals surface area contributed by atoms with E-state index in [1.54, 1.807) is 0 Å². The number of aromatic nitrogens is 3. The molecule has 7 heteroatoms. The van der Waals surface area contributed by atoms with Gasteiger partial charge in [-0.05, 0) is 25.4 Å². The number of rotatable bonds is 5. The van der Waals surface area contributed by atoms with Crippen LogP contribution in [0, 0.1) is 5.92 Å². The molecule has 0 spiro atoms. The van der Waals surface area contributed by atoms with Crippen LogP contribution in [0.4, 0.5) is 17.8 Å². The Morgan fingerprint density at radius 1 is 1.37 bits per heavy atom. The molecule has 1 aliphatic rings. The highest BCUT2D eigenvalue weighted by molar-refractivity contribution is 5.40. The van der Waals surface area contributed by atoms with Gasteiger partial charge in [0.2, 0.25) is 17.8 Å². The molecule has 1 aliphatic heterocycles. The predicted octanol–water partition coefficient (Wildman–Crippen LogP) is 0.274. The van der Waals surface area contributed by atoms with Crippen LogP contribution in [0.25, 0.3) is 0 Å². The topological polar surface area (TPSA) is 83.2 Å². The molecule has 0 saturated carbocycles. The summed E-state index contributed by atoms with van der Waals surface area (Å²) in [5.74, 6) is 2.05. The van der Waals surface area contributed by atoms with E-state index >= 15 is 0 Å². The fourth-order valence-corrected chi connectivity index (χ4v) is 2.26. The SMILES string of the molecule is CCN1CCC(CNc2nc(N)nc(N(C)C)n2)C1. The zero-order valence-corrected chi connectivity index (χ0v) is 11.9. The van der Waals surface area contributed by atoms with Crippen LogP contribution in [-0.4, -0.2) is 60.1 Å². The van der Waals surface area contributed by atoms with E-state index in [1.165, 1.54) is 13.0 Å². The molecule has 106 valence electrons. The van der Waals surface area contributed by atoms with Crippen LogP contribution < -0.4 is 16.0 Å². The van der Waals surface area contributed by atoms with E-state index in [1.807, 2.05) is 19.0 Å². The fourth-order valence-electron chi connectivity index (χ4n) is 2.26. The minimum atomic E-state index is 0.253. The van der Waals surface area contributed by atoms with Crippen molar-refractivity contribution < 1.29 is 0 Å². The van der Waals surface area contributed by atoms with Crippen molar-refractivity contribution in [1.82, 2.24) is 19.9 Å². The van der Waals surface area contributed by atoms with Gasteiger partial charge in [0.15, 0.2) is 0 Å². The van der Waals surface area contributed by atoms with Crippen LogP contribution in [0.1, 0.15) is 13.3 Å². The van der Waals surface area contributed by atoms with Gasteiger partial charge in [0.25, 0.3) is 0 Å². The molecule has 1 atom stereocenters. The van der Waals surface area contributed by atoms with Gasteiger partial charge >= 0.3 is 0 Å². The highest BCUT2D eigenvalue weighted by Gasteiger charge is 2.21. The second-order valence-electron chi connectivity index (χ2n) is 5.14. The number of nitrogen functional groups attached to an aromatic ring is 1. The number of nitrogens with two attached hydrogens (primary N) is 1. The molecule has 0 aromatic carbocycles. The van der Waals surface area contributed by atoms with E-state index in [2.05, 4.69) is 32.1 Å². The third-order valence-electron chi connectivity index (χ3n) is 3.41. The van der Waals surface area contributed by atoms with E-state index in [4.69, 9.17) is 5.73 Å². The minimum absolute atomic E-state index is 0.253. The van der Waals surface area contributed by atoms with E-state index in [-0.39, 0.29) is 5.95 Å². The smallest absolute Gasteiger partial charge is 0.231 e. The van der Waals surface area contributed by atoms with Crippen LogP contribution >= 0.6 is 0 Å². The first kappa shape index (κ1) is 13.8. The summed E-state index contributed by atoms with van der Waals surface area (Å²) in [4.78, 5) is 16.8. The molecular formula is C12H23N7. The van der Waals surface area contributed by atoms with Crippen molar-refractivity contribution in [2.45, 2.75) is 13.3 Å². The molecule has 19 heavy (non-hydrogen) atoms. The van der Waals surface area contributed by atoms with Crippen molar-refractivity contribution in [2.75, 3.05) is 56.2 Å². The Labute approximate surface area is 114 Å². The molecule has 0 aliphatic carbocycles. The van der Waals surface area contributed by atoms with Crippen LogP contribution in [0.15, 0.2) is 0 Å². The number of nitrogens with zero attached hydrogens (tertiary/aromatic N) is 5. The molecule has 2 heterocycles. The first-order valence-corrected chi connectivity index (χ1v) is 6.73. The van der Waals surface area contributed by atoms with Gasteiger partial charge in [0.1, 0.15) is 0 Å². The lowest BCUT2D eigenvalue weighted by Gasteiger charge is -2.15. The summed E-state index contributed by atoms with van der Waals surface area (Å²) in [7, 11) is 3.77. The Balaban J connectivity index is 1.92. The monoisotopic (exact) mass is 265 g/mol. The summed E-state index contributed by atoms with van der Waals surface area (Å²) in [6.07, 6.45) is 1.22. The Kier molecular flexibility index (Phi) is 4.36. The number of nitrogens with one attached hydrogen (secondary N) is 1. The molecule has 3 N–H and O–H groups in total. The highest BCUT2D eigenvalue weighted by Crippen LogP contribution is 2.16. The van der Waals surface area contributed by atoms with Gasteiger partial charge in [-0.1, -0.05) is 6.92 Å². The van der Waals surface area contributed by atoms with Crippen molar-refractivity contribution >= 4 is 17.8 Å². The zero-order valence-electron chi connectivity index (χ0n) is 11.9. The van der Waals surface area contributed by atoms with Crippen molar-refractivity contribution in [3.8, 4) is 0 Å². The maximum absolute atomic E-state index is 5.69. The van der Waals surface area contributed by atoms with Crippen LogP contribution in [0.2, 0.25) is 0 Å². The van der Waals surface area contributed by atoms with Crippen LogP contribution in [0.3, 0.4) is 0 Å². The maximum Gasteiger partial charge on any atom is 0.231 e. The molecule has 0 bridgehead atoms. The molecule has 1 unspecified atom stereocenters. The van der Waals surface area contributed by atoms with Gasteiger partial charge in [-0.2, -0.15) is 15.0 Å². The maximum atomic E-state index is 5.69. The van der Waals surface area contributed by atoms with Gasteiger partial charge < -0.3 is 20.9 Å². The molecule has 1 fully saturated rings. The van der Waals surface area contributed by atoms with Gasteiger partial charge in [0.05, 0.1) is 0 Å². The molecule has 2 rings (SSSR count). The molecule has 1 aromatic heterocycles. The largest absolute Gasteiger partial charge is 0.368 e. The molecule has 0 amide bonds. The average molecular weight is 265 g/mol. The first-order chi connectivity index (χ1) is 9.08. The van der Waals surface area contributed by atoms with E-state index in [9.17, 15) is 0 Å². The van der Waals surface area contributed by atoms with Gasteiger partial charge in [-0.3, -0.25) is 0 Å². The lowest BCUT2D eigenvalue weighted by Crippen LogP contribution is -2.23. The van der Waals surface area contributed by atoms with Crippen molar-refractivity contribution in [1.29, 1.82) is 0 Å². The van der Waals surface area contributed by atoms with E-state index in [0.717, 1.165) is 19.6 Å². The lowest BCUT2D eigenvalue weighted by molar-refractivity contribution is 0.345. The number of hydrogen-bond acceptors (Lipinski definition) is 7. The van der Waals surface area contributed by atoms with E-state index < -0.39 is 0 Å². The Morgan fingerprint density at radius 2 is 2.16 bits per heavy atom. The molecule has 1 saturated heterocycles. The molecule has 7 nitrogen and oxygen atoms in total. The second-order valence-corrected chi connectivity index (χ2v) is 5.14. The van der Waals surface area contributed by atoms with Crippen molar-refractivity contribution in [3.63, 3.8) is 0 Å². The predicted molar refractivity (Wildman–Crippen MR) is 77.3 cm³/mol. The zero-order chi connectivity index (χ0) is 13.8. The van der Waals surface area contributed by atoms with Gasteiger partial charge in [0, 0.05) is 27.2 Å². The molecular weight excluding hydrogens is 242 g/mol. The van der Waals surface area contributed by atoms with E-state index in [0.29, 0.717) is 17.8 Å². The summed E-state index contributed by atoms with van der Waals surface area (Å²) < 4.78 is 0. The Bertz CT molecular complexity index is 421. The van der Waals surface area contributed by atoms with Crippen molar-refractivity contribution in [2.24, 2.45) is 5.92 Å². The second kappa shape index (κ2) is 6.01. The average Bonchev–Trinajstić information content (AvgIpc) is 2.83. The normalized spacial score (nSPS) is 19.6. The van der Waals surface area contributed by atoms with Crippen LogP contribution in [-0.2, 0) is 0 Å². The standard InChI is InChI=1S/C12H23N7/c1-4-19-6-5-9(8-19)7-14-11-15-10(13)16-12(17-11)18(2)3/h9H,4-8H2,1-3H3,(H3,13,14,15,16,17). The third-order valence-corrected chi connectivity index (χ3v) is 3.41. The lowest BCUT2D eigenvalue weighted by atomic mass is 10.1. The number of anilines is 3. The van der Waals surface area contributed by atoms with Gasteiger partial charge in [-0.15, -0.1) is 0 Å². The Morgan fingerprint density at radius 3 is 2.79 bits per heavy atom. The fraction of sp³-hybridized carbons (Fsp3) is 0.750. The number of likely N-dealkylation sites (tertiary alicyclic amines) is 1. The van der Waals surface area contributed by atoms with Crippen molar-refractivity contribution in [3.05, 3.63) is 0 Å². The quantitative estimate of drug-likeness (QED) is 0.790. The molecule has 0 radical (unpaired) electrons. The number of hydrogen-bond donors (Lipinski definition) is 2. The Hall–Kier alpha value is -1.63.